The van der Waals surface area contributed by atoms with Crippen molar-refractivity contribution in [3.05, 3.63) is 52.2 Å². The molecule has 1 amide bonds. The van der Waals surface area contributed by atoms with E-state index in [0.717, 1.165) is 4.88 Å². The van der Waals surface area contributed by atoms with Gasteiger partial charge in [0.2, 0.25) is 15.9 Å². The molecule has 0 aliphatic rings. The van der Waals surface area contributed by atoms with Crippen LogP contribution >= 0.6 is 11.3 Å². The molecule has 8 heteroatoms. The molecule has 25 heavy (non-hydrogen) atoms. The molecule has 0 radical (unpaired) electrons. The van der Waals surface area contributed by atoms with Gasteiger partial charge in [0.15, 0.2) is 0 Å². The smallest absolute Gasteiger partial charge is 0.242 e. The highest BCUT2D eigenvalue weighted by atomic mass is 32.2. The molecule has 1 heterocycles. The summed E-state index contributed by atoms with van der Waals surface area (Å²) < 4.78 is 26.9. The molecule has 132 valence electrons. The van der Waals surface area contributed by atoms with Crippen LogP contribution in [0.1, 0.15) is 30.3 Å². The first-order valence-corrected chi connectivity index (χ1v) is 10.0. The lowest BCUT2D eigenvalue weighted by Crippen LogP contribution is -2.40. The highest BCUT2D eigenvalue weighted by Gasteiger charge is 2.22. The van der Waals surface area contributed by atoms with Gasteiger partial charge < -0.3 is 5.32 Å². The molecule has 2 N–H and O–H groups in total. The number of hydrogen-bond acceptors (Lipinski definition) is 5. The van der Waals surface area contributed by atoms with Gasteiger partial charge in [0.25, 0.3) is 0 Å². The number of nitrogens with zero attached hydrogens (tertiary/aromatic N) is 1. The number of carbonyl (C=O) groups excluding carboxylic acids is 1. The van der Waals surface area contributed by atoms with Crippen molar-refractivity contribution >= 4 is 27.3 Å². The lowest BCUT2D eigenvalue weighted by Gasteiger charge is -2.21. The second kappa shape index (κ2) is 8.25. The molecule has 0 aliphatic carbocycles. The molecular weight excluding hydrogens is 358 g/mol. The van der Waals surface area contributed by atoms with E-state index in [9.17, 15) is 13.2 Å². The van der Waals surface area contributed by atoms with Gasteiger partial charge in [-0.25, -0.2) is 13.1 Å². The third kappa shape index (κ3) is 4.89. The standard InChI is InChI=1S/C17H19N3O3S2/c1-12(2)17(14-7-5-9-24-14)20-16(21)11-19-25(22,23)15-8-4-3-6-13(15)10-18/h3-9,12,17,19H,11H2,1-2H3,(H,20,21)/t17-/m0/s1. The van der Waals surface area contributed by atoms with E-state index in [1.807, 2.05) is 37.4 Å². The van der Waals surface area contributed by atoms with Gasteiger partial charge in [0.05, 0.1) is 23.0 Å². The molecule has 0 fully saturated rings. The van der Waals surface area contributed by atoms with Crippen LogP contribution in [0.15, 0.2) is 46.7 Å². The van der Waals surface area contributed by atoms with Crippen molar-refractivity contribution in [2.24, 2.45) is 5.92 Å². The monoisotopic (exact) mass is 377 g/mol. The summed E-state index contributed by atoms with van der Waals surface area (Å²) >= 11 is 1.54. The Balaban J connectivity index is 2.05. The molecule has 1 aromatic heterocycles. The van der Waals surface area contributed by atoms with Crippen LogP contribution < -0.4 is 10.0 Å². The number of sulfonamides is 1. The first-order chi connectivity index (χ1) is 11.8. The Morgan fingerprint density at radius 1 is 1.24 bits per heavy atom. The van der Waals surface area contributed by atoms with E-state index in [-0.39, 0.29) is 22.4 Å². The minimum atomic E-state index is -3.94. The Morgan fingerprint density at radius 3 is 2.56 bits per heavy atom. The lowest BCUT2D eigenvalue weighted by molar-refractivity contribution is -0.121. The normalized spacial score (nSPS) is 12.6. The summed E-state index contributed by atoms with van der Waals surface area (Å²) in [6.45, 7) is 3.58. The van der Waals surface area contributed by atoms with Gasteiger partial charge in [-0.1, -0.05) is 32.0 Å². The molecule has 0 saturated carbocycles. The number of hydrogen-bond donors (Lipinski definition) is 2. The second-order valence-electron chi connectivity index (χ2n) is 5.74. The Bertz CT molecular complexity index is 869. The summed E-state index contributed by atoms with van der Waals surface area (Å²) in [6, 6.07) is 11.4. The first-order valence-electron chi connectivity index (χ1n) is 7.66. The molecule has 0 saturated heterocycles. The average Bonchev–Trinajstić information content (AvgIpc) is 3.11. The van der Waals surface area contributed by atoms with E-state index in [0.29, 0.717) is 0 Å². The van der Waals surface area contributed by atoms with Gasteiger partial charge in [-0.2, -0.15) is 5.26 Å². The summed E-state index contributed by atoms with van der Waals surface area (Å²) in [7, 11) is -3.94. The third-order valence-corrected chi connectivity index (χ3v) is 5.97. The molecule has 6 nitrogen and oxygen atoms in total. The number of nitriles is 1. The van der Waals surface area contributed by atoms with Gasteiger partial charge in [0, 0.05) is 4.88 Å². The van der Waals surface area contributed by atoms with E-state index in [4.69, 9.17) is 5.26 Å². The first kappa shape index (κ1) is 19.1. The maximum absolute atomic E-state index is 12.3. The van der Waals surface area contributed by atoms with Gasteiger partial charge in [-0.3, -0.25) is 4.79 Å². The van der Waals surface area contributed by atoms with E-state index < -0.39 is 22.5 Å². The van der Waals surface area contributed by atoms with Crippen molar-refractivity contribution in [3.63, 3.8) is 0 Å². The van der Waals surface area contributed by atoms with Crippen LogP contribution in [0.5, 0.6) is 0 Å². The molecule has 1 aromatic carbocycles. The minimum Gasteiger partial charge on any atom is -0.347 e. The van der Waals surface area contributed by atoms with Crippen molar-refractivity contribution in [1.29, 1.82) is 5.26 Å². The molecular formula is C17H19N3O3S2. The van der Waals surface area contributed by atoms with Crippen molar-refractivity contribution in [3.8, 4) is 6.07 Å². The van der Waals surface area contributed by atoms with E-state index in [1.54, 1.807) is 6.07 Å². The van der Waals surface area contributed by atoms with E-state index in [1.165, 1.54) is 29.5 Å². The Morgan fingerprint density at radius 2 is 1.96 bits per heavy atom. The lowest BCUT2D eigenvalue weighted by atomic mass is 10.0. The fourth-order valence-corrected chi connectivity index (χ4v) is 4.38. The third-order valence-electron chi connectivity index (χ3n) is 3.55. The van der Waals surface area contributed by atoms with Crippen molar-refractivity contribution in [1.82, 2.24) is 10.0 Å². The van der Waals surface area contributed by atoms with Crippen LogP contribution in [0.3, 0.4) is 0 Å². The largest absolute Gasteiger partial charge is 0.347 e. The van der Waals surface area contributed by atoms with Crippen LogP contribution in [-0.2, 0) is 14.8 Å². The zero-order chi connectivity index (χ0) is 18.4. The Labute approximate surface area is 151 Å². The molecule has 2 aromatic rings. The van der Waals surface area contributed by atoms with Gasteiger partial charge in [-0.15, -0.1) is 11.3 Å². The van der Waals surface area contributed by atoms with Crippen LogP contribution in [0.25, 0.3) is 0 Å². The summed E-state index contributed by atoms with van der Waals surface area (Å²) in [5.41, 5.74) is 0.0362. The molecule has 1 atom stereocenters. The topological polar surface area (TPSA) is 99.1 Å². The number of nitrogens with one attached hydrogen (secondary N) is 2. The van der Waals surface area contributed by atoms with Crippen LogP contribution in [0, 0.1) is 17.2 Å². The van der Waals surface area contributed by atoms with Crippen molar-refractivity contribution < 1.29 is 13.2 Å². The Kier molecular flexibility index (Phi) is 6.31. The number of thiophene rings is 1. The molecule has 0 unspecified atom stereocenters. The number of benzene rings is 1. The van der Waals surface area contributed by atoms with Crippen molar-refractivity contribution in [2.75, 3.05) is 6.54 Å². The van der Waals surface area contributed by atoms with Crippen molar-refractivity contribution in [2.45, 2.75) is 24.8 Å². The molecule has 2 rings (SSSR count). The van der Waals surface area contributed by atoms with Gasteiger partial charge >= 0.3 is 0 Å². The summed E-state index contributed by atoms with van der Waals surface area (Å²) in [6.07, 6.45) is 0. The second-order valence-corrected chi connectivity index (χ2v) is 8.45. The number of amides is 1. The SMILES string of the molecule is CC(C)[C@H](NC(=O)CNS(=O)(=O)c1ccccc1C#N)c1cccs1. The van der Waals surface area contributed by atoms with Gasteiger partial charge in [0.1, 0.15) is 6.07 Å². The predicted octanol–water partition coefficient (Wildman–Crippen LogP) is 2.41. The maximum atomic E-state index is 12.3. The van der Waals surface area contributed by atoms with Crippen LogP contribution in [0.4, 0.5) is 0 Å². The fourth-order valence-electron chi connectivity index (χ4n) is 2.29. The van der Waals surface area contributed by atoms with Crippen LogP contribution in [-0.4, -0.2) is 20.9 Å². The number of rotatable bonds is 7. The summed E-state index contributed by atoms with van der Waals surface area (Å²) in [4.78, 5) is 13.1. The van der Waals surface area contributed by atoms with E-state index >= 15 is 0 Å². The molecule has 0 bridgehead atoms. The minimum absolute atomic E-state index is 0.0362. The number of carbonyl (C=O) groups is 1. The highest BCUT2D eigenvalue weighted by molar-refractivity contribution is 7.89. The zero-order valence-electron chi connectivity index (χ0n) is 13.9. The molecule has 0 aliphatic heterocycles. The Hall–Kier alpha value is -2.21. The van der Waals surface area contributed by atoms with E-state index in [2.05, 4.69) is 10.0 Å². The zero-order valence-corrected chi connectivity index (χ0v) is 15.5. The van der Waals surface area contributed by atoms with Gasteiger partial charge in [-0.05, 0) is 29.5 Å². The average molecular weight is 377 g/mol. The highest BCUT2D eigenvalue weighted by Crippen LogP contribution is 2.25. The molecule has 0 spiro atoms. The quantitative estimate of drug-likeness (QED) is 0.774. The summed E-state index contributed by atoms with van der Waals surface area (Å²) in [5, 5.41) is 13.8. The summed E-state index contributed by atoms with van der Waals surface area (Å²) in [5.74, 6) is -0.261. The predicted molar refractivity (Wildman–Crippen MR) is 96.4 cm³/mol. The fraction of sp³-hybridized carbons (Fsp3) is 0.294. The maximum Gasteiger partial charge on any atom is 0.242 e. The van der Waals surface area contributed by atoms with Crippen LogP contribution in [0.2, 0.25) is 0 Å².